The van der Waals surface area contributed by atoms with Crippen molar-refractivity contribution < 1.29 is 4.74 Å². The van der Waals surface area contributed by atoms with E-state index in [1.165, 1.54) is 74.9 Å². The van der Waals surface area contributed by atoms with Crippen molar-refractivity contribution in [1.82, 2.24) is 19.6 Å². The Morgan fingerprint density at radius 2 is 1.36 bits per heavy atom. The minimum atomic E-state index is -0.152. The average Bonchev–Trinajstić information content (AvgIpc) is 3.57. The van der Waals surface area contributed by atoms with Crippen molar-refractivity contribution in [3.63, 3.8) is 0 Å². The van der Waals surface area contributed by atoms with Crippen LogP contribution in [0.5, 0.6) is 5.75 Å². The fourth-order valence-electron chi connectivity index (χ4n) is 6.48. The van der Waals surface area contributed by atoms with Gasteiger partial charge in [0.15, 0.2) is 0 Å². The van der Waals surface area contributed by atoms with Crippen LogP contribution < -0.4 is 4.74 Å². The third kappa shape index (κ3) is 3.95. The summed E-state index contributed by atoms with van der Waals surface area (Å²) in [6, 6.07) is 21.5. The molecular formula is C31H36N4O. The summed E-state index contributed by atoms with van der Waals surface area (Å²) in [6.45, 7) is 0. The first-order chi connectivity index (χ1) is 17.8. The number of aromatic nitrogens is 4. The number of nitrogens with zero attached hydrogens (tertiary/aromatic N) is 4. The van der Waals surface area contributed by atoms with E-state index in [9.17, 15) is 0 Å². The predicted octanol–water partition coefficient (Wildman–Crippen LogP) is 7.64. The zero-order valence-corrected chi connectivity index (χ0v) is 21.3. The van der Waals surface area contributed by atoms with Gasteiger partial charge in [-0.25, -0.2) is 4.68 Å². The summed E-state index contributed by atoms with van der Waals surface area (Å²) in [5.74, 6) is 0.858. The Balaban J connectivity index is 1.59. The molecule has 186 valence electrons. The van der Waals surface area contributed by atoms with Crippen molar-refractivity contribution in [2.75, 3.05) is 7.11 Å². The summed E-state index contributed by atoms with van der Waals surface area (Å²) in [5, 5.41) is 9.70. The lowest BCUT2D eigenvalue weighted by molar-refractivity contribution is 0.361. The molecule has 0 saturated heterocycles. The van der Waals surface area contributed by atoms with Gasteiger partial charge in [-0.3, -0.25) is 0 Å². The molecule has 1 fully saturated rings. The van der Waals surface area contributed by atoms with Gasteiger partial charge in [0, 0.05) is 17.5 Å². The molecule has 36 heavy (non-hydrogen) atoms. The molecule has 4 aromatic rings. The summed E-state index contributed by atoms with van der Waals surface area (Å²) in [6.07, 6.45) is 16.3. The van der Waals surface area contributed by atoms with Crippen molar-refractivity contribution in [1.29, 1.82) is 0 Å². The van der Waals surface area contributed by atoms with Crippen LogP contribution in [0.1, 0.15) is 82.0 Å². The van der Waals surface area contributed by atoms with E-state index in [2.05, 4.69) is 64.0 Å². The summed E-state index contributed by atoms with van der Waals surface area (Å²) in [4.78, 5) is 0. The number of rotatable bonds is 2. The van der Waals surface area contributed by atoms with E-state index in [1.54, 1.807) is 7.11 Å². The van der Waals surface area contributed by atoms with Crippen molar-refractivity contribution >= 4 is 0 Å². The van der Waals surface area contributed by atoms with Crippen LogP contribution in [0.4, 0.5) is 0 Å². The number of para-hydroxylation sites is 2. The van der Waals surface area contributed by atoms with Crippen molar-refractivity contribution in [3.05, 3.63) is 78.2 Å². The Kier molecular flexibility index (Phi) is 6.39. The normalized spacial score (nSPS) is 17.7. The number of hydrogen-bond acceptors (Lipinski definition) is 3. The molecule has 6 rings (SSSR count). The van der Waals surface area contributed by atoms with Crippen molar-refractivity contribution in [2.24, 2.45) is 0 Å². The Morgan fingerprint density at radius 1 is 0.722 bits per heavy atom. The average molecular weight is 481 g/mol. The molecule has 2 aliphatic rings. The van der Waals surface area contributed by atoms with Gasteiger partial charge in [-0.05, 0) is 61.4 Å². The standard InChI is InChI=1S/C31H36N4O/c1-36-25-19-17-24(18-20-25)29-30-31(21-11-7-5-3-2-4-6-8-12-22-31)28-16-13-23-34(28)26-14-9-10-15-27(26)35(30)33-32-29/h9-10,13-20,23H,2-8,11-12,21-22H2,1H3. The van der Waals surface area contributed by atoms with Crippen LogP contribution in [-0.4, -0.2) is 26.7 Å². The lowest BCUT2D eigenvalue weighted by atomic mass is 9.71. The number of methoxy groups -OCH3 is 1. The van der Waals surface area contributed by atoms with E-state index in [0.29, 0.717) is 0 Å². The van der Waals surface area contributed by atoms with Crippen molar-refractivity contribution in [2.45, 2.75) is 76.0 Å². The molecular weight excluding hydrogens is 444 g/mol. The number of hydrogen-bond donors (Lipinski definition) is 0. The molecule has 1 aliphatic carbocycles. The summed E-state index contributed by atoms with van der Waals surface area (Å²) in [7, 11) is 1.71. The van der Waals surface area contributed by atoms with Gasteiger partial charge in [0.2, 0.25) is 0 Å². The topological polar surface area (TPSA) is 44.9 Å². The first kappa shape index (κ1) is 23.1. The molecule has 0 N–H and O–H groups in total. The second-order valence-corrected chi connectivity index (χ2v) is 10.4. The molecule has 0 unspecified atom stereocenters. The van der Waals surface area contributed by atoms with Crippen LogP contribution in [0.15, 0.2) is 66.9 Å². The largest absolute Gasteiger partial charge is 0.497 e. The van der Waals surface area contributed by atoms with Crippen LogP contribution in [-0.2, 0) is 5.41 Å². The summed E-state index contributed by atoms with van der Waals surface area (Å²) in [5.41, 5.74) is 6.83. The zero-order valence-electron chi connectivity index (χ0n) is 21.3. The second kappa shape index (κ2) is 9.96. The highest BCUT2D eigenvalue weighted by Crippen LogP contribution is 2.49. The first-order valence-electron chi connectivity index (χ1n) is 13.7. The number of fused-ring (bicyclic) bond motifs is 7. The van der Waals surface area contributed by atoms with Gasteiger partial charge in [0.25, 0.3) is 0 Å². The van der Waals surface area contributed by atoms with Gasteiger partial charge < -0.3 is 9.30 Å². The predicted molar refractivity (Wildman–Crippen MR) is 144 cm³/mol. The maximum Gasteiger partial charge on any atom is 0.118 e. The van der Waals surface area contributed by atoms with E-state index < -0.39 is 0 Å². The SMILES string of the molecule is COc1ccc(-c2nnn3c2C2(CCCCCCCCCCC2)c2cccn2-c2ccccc2-3)cc1. The fourth-order valence-corrected chi connectivity index (χ4v) is 6.48. The third-order valence-electron chi connectivity index (χ3n) is 8.30. The lowest BCUT2D eigenvalue weighted by Gasteiger charge is -2.35. The van der Waals surface area contributed by atoms with Crippen LogP contribution in [0, 0.1) is 0 Å². The summed E-state index contributed by atoms with van der Waals surface area (Å²) < 4.78 is 10.0. The highest BCUT2D eigenvalue weighted by atomic mass is 16.5. The zero-order chi connectivity index (χ0) is 24.4. The molecule has 0 bridgehead atoms. The lowest BCUT2D eigenvalue weighted by Crippen LogP contribution is -2.32. The van der Waals surface area contributed by atoms with E-state index in [0.717, 1.165) is 35.5 Å². The Hall–Kier alpha value is -3.34. The Morgan fingerprint density at radius 3 is 2.03 bits per heavy atom. The Bertz CT molecular complexity index is 1300. The smallest absolute Gasteiger partial charge is 0.118 e. The molecule has 1 spiro atoms. The highest BCUT2D eigenvalue weighted by Gasteiger charge is 2.44. The molecule has 3 heterocycles. The van der Waals surface area contributed by atoms with Gasteiger partial charge in [0.1, 0.15) is 11.4 Å². The maximum atomic E-state index is 5.45. The fraction of sp³-hybridized carbons (Fsp3) is 0.419. The van der Waals surface area contributed by atoms with Crippen LogP contribution in [0.3, 0.4) is 0 Å². The van der Waals surface area contributed by atoms with Gasteiger partial charge in [-0.1, -0.05) is 75.1 Å². The van der Waals surface area contributed by atoms with Gasteiger partial charge in [-0.15, -0.1) is 5.10 Å². The number of ether oxygens (including phenoxy) is 1. The molecule has 1 saturated carbocycles. The number of benzene rings is 2. The van der Waals surface area contributed by atoms with E-state index >= 15 is 0 Å². The molecule has 0 atom stereocenters. The van der Waals surface area contributed by atoms with Gasteiger partial charge in [-0.2, -0.15) is 0 Å². The first-order valence-corrected chi connectivity index (χ1v) is 13.7. The molecule has 1 aliphatic heterocycles. The molecule has 2 aromatic carbocycles. The maximum absolute atomic E-state index is 5.45. The minimum absolute atomic E-state index is 0.152. The van der Waals surface area contributed by atoms with E-state index in [4.69, 9.17) is 15.0 Å². The van der Waals surface area contributed by atoms with Crippen molar-refractivity contribution in [3.8, 4) is 28.4 Å². The second-order valence-electron chi connectivity index (χ2n) is 10.4. The Labute approximate surface area is 214 Å². The van der Waals surface area contributed by atoms with Gasteiger partial charge >= 0.3 is 0 Å². The van der Waals surface area contributed by atoms with Gasteiger partial charge in [0.05, 0.1) is 29.6 Å². The van der Waals surface area contributed by atoms with E-state index in [1.807, 2.05) is 12.1 Å². The molecule has 5 nitrogen and oxygen atoms in total. The molecule has 0 radical (unpaired) electrons. The monoisotopic (exact) mass is 480 g/mol. The quantitative estimate of drug-likeness (QED) is 0.296. The van der Waals surface area contributed by atoms with Crippen LogP contribution >= 0.6 is 0 Å². The highest BCUT2D eigenvalue weighted by molar-refractivity contribution is 5.69. The summed E-state index contributed by atoms with van der Waals surface area (Å²) >= 11 is 0. The van der Waals surface area contributed by atoms with Crippen LogP contribution in [0.2, 0.25) is 0 Å². The molecule has 5 heteroatoms. The van der Waals surface area contributed by atoms with E-state index in [-0.39, 0.29) is 5.41 Å². The minimum Gasteiger partial charge on any atom is -0.497 e. The third-order valence-corrected chi connectivity index (χ3v) is 8.30. The molecule has 0 amide bonds. The van der Waals surface area contributed by atoms with Crippen LogP contribution in [0.25, 0.3) is 22.6 Å². The molecule has 2 aromatic heterocycles.